The monoisotopic (exact) mass is 524 g/mol. The zero-order valence-corrected chi connectivity index (χ0v) is 22.2. The summed E-state index contributed by atoms with van der Waals surface area (Å²) in [5, 5.41) is 10.8. The molecule has 3 aromatic carbocycles. The van der Waals surface area contributed by atoms with Gasteiger partial charge in [0.25, 0.3) is 0 Å². The Bertz CT molecular complexity index is 1660. The van der Waals surface area contributed by atoms with Crippen LogP contribution in [0.1, 0.15) is 52.6 Å². The Kier molecular flexibility index (Phi) is 6.90. The summed E-state index contributed by atoms with van der Waals surface area (Å²) in [6, 6.07) is 18.5. The van der Waals surface area contributed by atoms with Crippen molar-refractivity contribution < 1.29 is 28.2 Å². The predicted octanol–water partition coefficient (Wildman–Crippen LogP) is 6.28. The molecule has 8 nitrogen and oxygen atoms in total. The molecule has 4 aromatic rings. The minimum atomic E-state index is -0.622. The zero-order valence-electron chi connectivity index (χ0n) is 22.2. The van der Waals surface area contributed by atoms with Crippen LogP contribution < -0.4 is 24.7 Å². The van der Waals surface area contributed by atoms with Crippen LogP contribution in [0.3, 0.4) is 0 Å². The number of hydrogen-bond donors (Lipinski definition) is 1. The molecule has 0 bridgehead atoms. The Morgan fingerprint density at radius 2 is 1.77 bits per heavy atom. The second-order valence-corrected chi connectivity index (χ2v) is 9.14. The third-order valence-electron chi connectivity index (χ3n) is 6.58. The number of furan rings is 1. The SMILES string of the molecule is CCOc1ccc(C2C(C#N)=C(N)Oc3cc(OC(=O)c4oc5ccc(C)cc5c4C)ccc32)cc1OCC. The van der Waals surface area contributed by atoms with Crippen molar-refractivity contribution in [3.05, 3.63) is 94.1 Å². The third kappa shape index (κ3) is 4.75. The molecule has 0 aliphatic carbocycles. The van der Waals surface area contributed by atoms with Crippen molar-refractivity contribution in [3.63, 3.8) is 0 Å². The van der Waals surface area contributed by atoms with E-state index in [4.69, 9.17) is 29.1 Å². The van der Waals surface area contributed by atoms with Gasteiger partial charge in [0, 0.05) is 22.6 Å². The van der Waals surface area contributed by atoms with Gasteiger partial charge in [0.1, 0.15) is 28.7 Å². The molecule has 1 unspecified atom stereocenters. The van der Waals surface area contributed by atoms with Gasteiger partial charge in [0.2, 0.25) is 11.6 Å². The minimum Gasteiger partial charge on any atom is -0.490 e. The second kappa shape index (κ2) is 10.5. The second-order valence-electron chi connectivity index (χ2n) is 9.14. The summed E-state index contributed by atoms with van der Waals surface area (Å²) < 4.78 is 28.7. The predicted molar refractivity (Wildman–Crippen MR) is 145 cm³/mol. The summed E-state index contributed by atoms with van der Waals surface area (Å²) in [7, 11) is 0. The molecule has 2 N–H and O–H groups in total. The lowest BCUT2D eigenvalue weighted by atomic mass is 9.83. The highest BCUT2D eigenvalue weighted by Crippen LogP contribution is 2.45. The normalized spacial score (nSPS) is 14.4. The minimum absolute atomic E-state index is 0.0196. The van der Waals surface area contributed by atoms with Gasteiger partial charge in [0.15, 0.2) is 11.5 Å². The van der Waals surface area contributed by atoms with Crippen molar-refractivity contribution in [1.29, 1.82) is 5.26 Å². The Hall–Kier alpha value is -4.90. The highest BCUT2D eigenvalue weighted by atomic mass is 16.5. The van der Waals surface area contributed by atoms with Gasteiger partial charge in [-0.05, 0) is 63.6 Å². The van der Waals surface area contributed by atoms with Crippen LogP contribution in [-0.4, -0.2) is 19.2 Å². The molecule has 0 fully saturated rings. The number of carbonyl (C=O) groups excluding carboxylic acids is 1. The number of benzene rings is 3. The molecule has 0 saturated carbocycles. The molecule has 2 heterocycles. The van der Waals surface area contributed by atoms with Crippen molar-refractivity contribution in [2.45, 2.75) is 33.6 Å². The summed E-state index contributed by atoms with van der Waals surface area (Å²) in [6.07, 6.45) is 0. The van der Waals surface area contributed by atoms with E-state index in [1.54, 1.807) is 18.2 Å². The van der Waals surface area contributed by atoms with E-state index in [1.165, 1.54) is 0 Å². The van der Waals surface area contributed by atoms with Crippen LogP contribution in [-0.2, 0) is 0 Å². The highest BCUT2D eigenvalue weighted by Gasteiger charge is 2.32. The number of allylic oxidation sites excluding steroid dienone is 1. The molecular formula is C31H28N2O6. The van der Waals surface area contributed by atoms with Gasteiger partial charge in [-0.15, -0.1) is 0 Å². The van der Waals surface area contributed by atoms with Crippen LogP contribution >= 0.6 is 0 Å². The van der Waals surface area contributed by atoms with Crippen molar-refractivity contribution >= 4 is 16.9 Å². The number of nitriles is 1. The molecule has 1 atom stereocenters. The van der Waals surface area contributed by atoms with Gasteiger partial charge in [-0.1, -0.05) is 23.8 Å². The topological polar surface area (TPSA) is 117 Å². The molecule has 39 heavy (non-hydrogen) atoms. The Balaban J connectivity index is 1.49. The summed E-state index contributed by atoms with van der Waals surface area (Å²) in [5.74, 6) is 0.799. The fourth-order valence-electron chi connectivity index (χ4n) is 4.77. The van der Waals surface area contributed by atoms with Gasteiger partial charge >= 0.3 is 5.97 Å². The maximum absolute atomic E-state index is 13.0. The van der Waals surface area contributed by atoms with Gasteiger partial charge in [-0.3, -0.25) is 0 Å². The van der Waals surface area contributed by atoms with Crippen LogP contribution in [0.4, 0.5) is 0 Å². The van der Waals surface area contributed by atoms with Crippen molar-refractivity contribution in [1.82, 2.24) is 0 Å². The first-order valence-corrected chi connectivity index (χ1v) is 12.7. The van der Waals surface area contributed by atoms with E-state index in [2.05, 4.69) is 6.07 Å². The molecule has 0 radical (unpaired) electrons. The highest BCUT2D eigenvalue weighted by molar-refractivity contribution is 5.97. The lowest BCUT2D eigenvalue weighted by molar-refractivity contribution is 0.0702. The molecule has 0 saturated heterocycles. The van der Waals surface area contributed by atoms with Crippen molar-refractivity contribution in [2.75, 3.05) is 13.2 Å². The molecule has 8 heteroatoms. The first-order valence-electron chi connectivity index (χ1n) is 12.7. The van der Waals surface area contributed by atoms with Crippen LogP contribution in [0.5, 0.6) is 23.0 Å². The Morgan fingerprint density at radius 1 is 1.00 bits per heavy atom. The number of hydrogen-bond acceptors (Lipinski definition) is 8. The fraction of sp³-hybridized carbons (Fsp3) is 0.226. The van der Waals surface area contributed by atoms with E-state index in [1.807, 2.05) is 64.1 Å². The molecule has 0 spiro atoms. The summed E-state index contributed by atoms with van der Waals surface area (Å²) in [5.41, 5.74) is 10.3. The van der Waals surface area contributed by atoms with Crippen molar-refractivity contribution in [3.8, 4) is 29.1 Å². The molecular weight excluding hydrogens is 496 g/mol. The van der Waals surface area contributed by atoms with Crippen LogP contribution in [0.2, 0.25) is 0 Å². The summed E-state index contributed by atoms with van der Waals surface area (Å²) in [6.45, 7) is 8.54. The maximum Gasteiger partial charge on any atom is 0.379 e. The van der Waals surface area contributed by atoms with E-state index in [0.717, 1.165) is 16.5 Å². The van der Waals surface area contributed by atoms with Crippen LogP contribution in [0.25, 0.3) is 11.0 Å². The number of ether oxygens (including phenoxy) is 4. The average molecular weight is 525 g/mol. The average Bonchev–Trinajstić information content (AvgIpc) is 3.24. The number of aryl methyl sites for hydroxylation is 2. The summed E-state index contributed by atoms with van der Waals surface area (Å²) >= 11 is 0. The smallest absolute Gasteiger partial charge is 0.379 e. The number of esters is 1. The molecule has 0 amide bonds. The Morgan fingerprint density at radius 3 is 2.51 bits per heavy atom. The van der Waals surface area contributed by atoms with Crippen LogP contribution in [0.15, 0.2) is 70.5 Å². The van der Waals surface area contributed by atoms with Gasteiger partial charge in [-0.25, -0.2) is 4.79 Å². The van der Waals surface area contributed by atoms with Crippen LogP contribution in [0, 0.1) is 25.2 Å². The summed E-state index contributed by atoms with van der Waals surface area (Å²) in [4.78, 5) is 13.0. The lowest BCUT2D eigenvalue weighted by Crippen LogP contribution is -2.21. The molecule has 1 aliphatic rings. The van der Waals surface area contributed by atoms with Gasteiger partial charge < -0.3 is 29.1 Å². The number of nitrogens with two attached hydrogens (primary N) is 1. The lowest BCUT2D eigenvalue weighted by Gasteiger charge is -2.27. The molecule has 5 rings (SSSR count). The molecule has 198 valence electrons. The standard InChI is InChI=1S/C31H28N2O6/c1-5-35-25-12-8-19(14-27(25)36-6-2)28-21-10-9-20(15-26(21)39-30(33)23(28)16-32)37-31(34)29-18(4)22-13-17(3)7-11-24(22)38-29/h7-15,28H,5-6,33H2,1-4H3. The third-order valence-corrected chi connectivity index (χ3v) is 6.58. The fourth-order valence-corrected chi connectivity index (χ4v) is 4.77. The van der Waals surface area contributed by atoms with Gasteiger partial charge in [-0.2, -0.15) is 5.26 Å². The van der Waals surface area contributed by atoms with E-state index in [9.17, 15) is 10.1 Å². The zero-order chi connectivity index (χ0) is 27.7. The van der Waals surface area contributed by atoms with E-state index >= 15 is 0 Å². The number of nitrogens with zero attached hydrogens (tertiary/aromatic N) is 1. The Labute approximate surface area is 226 Å². The number of fused-ring (bicyclic) bond motifs is 2. The van der Waals surface area contributed by atoms with E-state index < -0.39 is 11.9 Å². The maximum atomic E-state index is 13.0. The largest absolute Gasteiger partial charge is 0.490 e. The van der Waals surface area contributed by atoms with E-state index in [-0.39, 0.29) is 23.0 Å². The van der Waals surface area contributed by atoms with Crippen molar-refractivity contribution in [2.24, 2.45) is 5.73 Å². The number of carbonyl (C=O) groups is 1. The van der Waals surface area contributed by atoms with Gasteiger partial charge in [0.05, 0.1) is 19.1 Å². The quantitative estimate of drug-likeness (QED) is 0.222. The number of rotatable bonds is 7. The van der Waals surface area contributed by atoms with E-state index in [0.29, 0.717) is 47.2 Å². The molecule has 1 aliphatic heterocycles. The first kappa shape index (κ1) is 25.7. The first-order chi connectivity index (χ1) is 18.8. The molecule has 1 aromatic heterocycles.